The molecule has 1 heterocycles. The molecular formula is C24H18ClFN2O2. The van der Waals surface area contributed by atoms with E-state index < -0.39 is 0 Å². The van der Waals surface area contributed by atoms with Crippen LogP contribution in [0.15, 0.2) is 83.5 Å². The fraction of sp³-hybridized carbons (Fsp3) is 0.0833. The van der Waals surface area contributed by atoms with Gasteiger partial charge in [-0.1, -0.05) is 48.0 Å². The zero-order valence-electron chi connectivity index (χ0n) is 16.2. The Morgan fingerprint density at radius 2 is 1.83 bits per heavy atom. The molecule has 1 aliphatic rings. The molecular weight excluding hydrogens is 403 g/mol. The molecule has 0 spiro atoms. The molecule has 1 aliphatic heterocycles. The van der Waals surface area contributed by atoms with E-state index >= 15 is 0 Å². The summed E-state index contributed by atoms with van der Waals surface area (Å²) in [5.41, 5.74) is 3.08. The van der Waals surface area contributed by atoms with Crippen LogP contribution in [0.3, 0.4) is 0 Å². The Morgan fingerprint density at radius 1 is 1.07 bits per heavy atom. The topological polar surface area (TPSA) is 41.9 Å². The molecule has 0 atom stereocenters. The van der Waals surface area contributed by atoms with E-state index in [2.05, 4.69) is 5.10 Å². The highest BCUT2D eigenvalue weighted by Crippen LogP contribution is 2.27. The van der Waals surface area contributed by atoms with Crippen LogP contribution in [0, 0.1) is 5.82 Å². The molecule has 0 bridgehead atoms. The van der Waals surface area contributed by atoms with Gasteiger partial charge in [0, 0.05) is 10.6 Å². The van der Waals surface area contributed by atoms with Crippen molar-refractivity contribution >= 4 is 35.0 Å². The van der Waals surface area contributed by atoms with Gasteiger partial charge >= 0.3 is 0 Å². The Morgan fingerprint density at radius 3 is 2.57 bits per heavy atom. The lowest BCUT2D eigenvalue weighted by Crippen LogP contribution is -2.21. The van der Waals surface area contributed by atoms with Crippen LogP contribution in [-0.4, -0.2) is 11.6 Å². The highest BCUT2D eigenvalue weighted by Gasteiger charge is 2.28. The first-order valence-corrected chi connectivity index (χ1v) is 9.72. The van der Waals surface area contributed by atoms with Gasteiger partial charge in [0.05, 0.1) is 17.0 Å². The van der Waals surface area contributed by atoms with Crippen molar-refractivity contribution in [2.24, 2.45) is 5.10 Å². The average molecular weight is 421 g/mol. The highest BCUT2D eigenvalue weighted by atomic mass is 35.5. The molecule has 0 saturated heterocycles. The molecule has 0 fully saturated rings. The third-order valence-corrected chi connectivity index (χ3v) is 4.89. The van der Waals surface area contributed by atoms with Gasteiger partial charge in [0.2, 0.25) is 0 Å². The average Bonchev–Trinajstić information content (AvgIpc) is 3.02. The lowest BCUT2D eigenvalue weighted by atomic mass is 10.1. The fourth-order valence-corrected chi connectivity index (χ4v) is 3.26. The lowest BCUT2D eigenvalue weighted by molar-refractivity contribution is -0.114. The van der Waals surface area contributed by atoms with Crippen LogP contribution < -0.4 is 9.75 Å². The summed E-state index contributed by atoms with van der Waals surface area (Å²) in [6.07, 6.45) is 1.78. The van der Waals surface area contributed by atoms with Crippen LogP contribution in [0.2, 0.25) is 5.02 Å². The molecule has 3 aromatic rings. The van der Waals surface area contributed by atoms with E-state index in [1.807, 2.05) is 12.1 Å². The molecule has 0 N–H and O–H groups in total. The number of rotatable bonds is 5. The minimum atomic E-state index is -0.294. The predicted molar refractivity (Wildman–Crippen MR) is 117 cm³/mol. The number of hydrogen-bond acceptors (Lipinski definition) is 3. The second-order valence-electron chi connectivity index (χ2n) is 6.79. The van der Waals surface area contributed by atoms with Crippen molar-refractivity contribution in [2.75, 3.05) is 5.01 Å². The lowest BCUT2D eigenvalue weighted by Gasteiger charge is -2.11. The Bertz CT molecular complexity index is 1160. The molecule has 4 nitrogen and oxygen atoms in total. The van der Waals surface area contributed by atoms with E-state index in [1.165, 1.54) is 11.1 Å². The van der Waals surface area contributed by atoms with Gasteiger partial charge in [-0.05, 0) is 55.0 Å². The number of ether oxygens (including phenoxy) is 1. The standard InChI is InChI=1S/C24H18ClFN2O2/c1-16-22(24(29)28(27-16)20-7-4-6-19(25)14-20)13-17-9-11-21(12-10-17)30-15-18-5-2-3-8-23(18)26/h2-14H,15H2,1H3. The third kappa shape index (κ3) is 4.26. The van der Waals surface area contributed by atoms with Crippen molar-refractivity contribution in [3.05, 3.63) is 100 Å². The molecule has 0 unspecified atom stereocenters. The Hall–Kier alpha value is -3.44. The minimum absolute atomic E-state index is 0.145. The minimum Gasteiger partial charge on any atom is -0.489 e. The summed E-state index contributed by atoms with van der Waals surface area (Å²) in [7, 11) is 0. The van der Waals surface area contributed by atoms with Gasteiger partial charge in [-0.3, -0.25) is 4.79 Å². The maximum absolute atomic E-state index is 13.7. The number of amides is 1. The van der Waals surface area contributed by atoms with E-state index in [0.717, 1.165) is 5.56 Å². The van der Waals surface area contributed by atoms with Crippen LogP contribution in [0.4, 0.5) is 10.1 Å². The Kier molecular flexibility index (Phi) is 5.63. The number of hydrazone groups is 1. The maximum atomic E-state index is 13.7. The summed E-state index contributed by atoms with van der Waals surface area (Å²) in [5.74, 6) is 0.108. The largest absolute Gasteiger partial charge is 0.489 e. The number of nitrogens with zero attached hydrogens (tertiary/aromatic N) is 2. The first-order chi connectivity index (χ1) is 14.5. The fourth-order valence-electron chi connectivity index (χ4n) is 3.07. The van der Waals surface area contributed by atoms with Gasteiger partial charge in [-0.15, -0.1) is 0 Å². The van der Waals surface area contributed by atoms with Gasteiger partial charge in [0.15, 0.2) is 0 Å². The third-order valence-electron chi connectivity index (χ3n) is 4.66. The number of carbonyl (C=O) groups excluding carboxylic acids is 1. The molecule has 1 amide bonds. The molecule has 30 heavy (non-hydrogen) atoms. The van der Waals surface area contributed by atoms with Gasteiger partial charge in [0.25, 0.3) is 5.91 Å². The van der Waals surface area contributed by atoms with Crippen LogP contribution >= 0.6 is 11.6 Å². The number of hydrogen-bond donors (Lipinski definition) is 0. The van der Waals surface area contributed by atoms with Crippen molar-refractivity contribution in [2.45, 2.75) is 13.5 Å². The number of benzene rings is 3. The summed E-state index contributed by atoms with van der Waals surface area (Å²) in [4.78, 5) is 12.8. The van der Waals surface area contributed by atoms with Crippen LogP contribution in [-0.2, 0) is 11.4 Å². The van der Waals surface area contributed by atoms with Crippen molar-refractivity contribution in [1.82, 2.24) is 0 Å². The first-order valence-electron chi connectivity index (χ1n) is 9.35. The van der Waals surface area contributed by atoms with Gasteiger partial charge in [-0.25, -0.2) is 4.39 Å². The molecule has 0 saturated carbocycles. The summed E-state index contributed by atoms with van der Waals surface area (Å²) in [6.45, 7) is 1.94. The number of anilines is 1. The molecule has 3 aromatic carbocycles. The van der Waals surface area contributed by atoms with E-state index in [9.17, 15) is 9.18 Å². The van der Waals surface area contributed by atoms with Crippen LogP contribution in [0.25, 0.3) is 6.08 Å². The molecule has 0 radical (unpaired) electrons. The summed E-state index contributed by atoms with van der Waals surface area (Å²) in [5, 5.41) is 6.25. The van der Waals surface area contributed by atoms with Crippen LogP contribution in [0.1, 0.15) is 18.1 Å². The normalized spacial score (nSPS) is 14.9. The van der Waals surface area contributed by atoms with Gasteiger partial charge in [-0.2, -0.15) is 10.1 Å². The van der Waals surface area contributed by atoms with Gasteiger partial charge in [0.1, 0.15) is 18.2 Å². The summed E-state index contributed by atoms with van der Waals surface area (Å²) >= 11 is 6.03. The second-order valence-corrected chi connectivity index (χ2v) is 7.23. The summed E-state index contributed by atoms with van der Waals surface area (Å²) < 4.78 is 19.3. The molecule has 6 heteroatoms. The SMILES string of the molecule is CC1=NN(c2cccc(Cl)c2)C(=O)C1=Cc1ccc(OCc2ccccc2F)cc1. The van der Waals surface area contributed by atoms with Crippen molar-refractivity contribution < 1.29 is 13.9 Å². The predicted octanol–water partition coefficient (Wildman–Crippen LogP) is 5.86. The highest BCUT2D eigenvalue weighted by molar-refractivity contribution is 6.33. The zero-order chi connectivity index (χ0) is 21.1. The molecule has 0 aromatic heterocycles. The monoisotopic (exact) mass is 420 g/mol. The first kappa shape index (κ1) is 19.9. The molecule has 150 valence electrons. The Balaban J connectivity index is 1.47. The van der Waals surface area contributed by atoms with Gasteiger partial charge < -0.3 is 4.74 Å². The second kappa shape index (κ2) is 8.51. The smallest absolute Gasteiger partial charge is 0.280 e. The zero-order valence-corrected chi connectivity index (χ0v) is 16.9. The quantitative estimate of drug-likeness (QED) is 0.485. The summed E-state index contributed by atoms with van der Waals surface area (Å²) in [6, 6.07) is 20.8. The molecule has 4 rings (SSSR count). The van der Waals surface area contributed by atoms with E-state index in [4.69, 9.17) is 16.3 Å². The Labute approximate surface area is 178 Å². The van der Waals surface area contributed by atoms with E-state index in [-0.39, 0.29) is 18.3 Å². The van der Waals surface area contributed by atoms with E-state index in [0.29, 0.717) is 33.3 Å². The van der Waals surface area contributed by atoms with Crippen LogP contribution in [0.5, 0.6) is 5.75 Å². The van der Waals surface area contributed by atoms with Crippen molar-refractivity contribution in [3.8, 4) is 5.75 Å². The van der Waals surface area contributed by atoms with Crippen molar-refractivity contribution in [1.29, 1.82) is 0 Å². The maximum Gasteiger partial charge on any atom is 0.280 e. The van der Waals surface area contributed by atoms with E-state index in [1.54, 1.807) is 67.6 Å². The molecule has 0 aliphatic carbocycles. The van der Waals surface area contributed by atoms with Crippen molar-refractivity contribution in [3.63, 3.8) is 0 Å². The number of carbonyl (C=O) groups is 1. The number of halogens is 2.